The van der Waals surface area contributed by atoms with E-state index >= 15 is 0 Å². The average Bonchev–Trinajstić information content (AvgIpc) is 3.12. The highest BCUT2D eigenvalue weighted by Gasteiger charge is 2.02. The van der Waals surface area contributed by atoms with Crippen molar-refractivity contribution >= 4 is 38.6 Å². The van der Waals surface area contributed by atoms with Gasteiger partial charge in [0.15, 0.2) is 0 Å². The molecular weight excluding hydrogens is 398 g/mol. The highest BCUT2D eigenvalue weighted by Crippen LogP contribution is 2.24. The minimum Gasteiger partial charge on any atom is -0.494 e. The van der Waals surface area contributed by atoms with E-state index in [2.05, 4.69) is 31.4 Å². The first kappa shape index (κ1) is 17.6. The van der Waals surface area contributed by atoms with Crippen molar-refractivity contribution in [2.45, 2.75) is 6.42 Å². The van der Waals surface area contributed by atoms with E-state index in [1.807, 2.05) is 60.0 Å². The predicted molar refractivity (Wildman–Crippen MR) is 109 cm³/mol. The normalized spacial score (nSPS) is 10.9. The Hall–Kier alpha value is -2.18. The number of benzene rings is 2. The van der Waals surface area contributed by atoms with E-state index < -0.39 is 0 Å². The number of rotatable bonds is 8. The van der Waals surface area contributed by atoms with Gasteiger partial charge in [0.05, 0.1) is 18.5 Å². The van der Waals surface area contributed by atoms with Crippen LogP contribution in [-0.4, -0.2) is 23.1 Å². The lowest BCUT2D eigenvalue weighted by atomic mass is 10.2. The highest BCUT2D eigenvalue weighted by atomic mass is 79.9. The van der Waals surface area contributed by atoms with Crippen LogP contribution in [-0.2, 0) is 0 Å². The summed E-state index contributed by atoms with van der Waals surface area (Å²) in [5.41, 5.74) is 6.01. The van der Waals surface area contributed by atoms with Crippen LogP contribution >= 0.6 is 27.3 Å². The van der Waals surface area contributed by atoms with E-state index in [4.69, 9.17) is 4.74 Å². The van der Waals surface area contributed by atoms with Crippen LogP contribution < -0.4 is 10.2 Å². The molecule has 0 atom stereocenters. The van der Waals surface area contributed by atoms with Crippen molar-refractivity contribution in [3.05, 3.63) is 65.5 Å². The Labute approximate surface area is 159 Å². The molecule has 0 radical (unpaired) electrons. The number of nitrogens with zero attached hydrogens (tertiary/aromatic N) is 2. The molecule has 0 saturated carbocycles. The first-order valence-corrected chi connectivity index (χ1v) is 9.94. The second-order valence-electron chi connectivity index (χ2n) is 5.24. The molecule has 128 valence electrons. The zero-order chi connectivity index (χ0) is 17.3. The molecule has 1 heterocycles. The molecule has 6 heteroatoms. The van der Waals surface area contributed by atoms with Gasteiger partial charge in [0.2, 0.25) is 5.13 Å². The van der Waals surface area contributed by atoms with Crippen molar-refractivity contribution in [3.8, 4) is 17.0 Å². The summed E-state index contributed by atoms with van der Waals surface area (Å²) in [5.74, 6) is 0.852. The van der Waals surface area contributed by atoms with Crippen molar-refractivity contribution in [1.29, 1.82) is 0 Å². The summed E-state index contributed by atoms with van der Waals surface area (Å²) in [6.45, 7) is 0.700. The van der Waals surface area contributed by atoms with Gasteiger partial charge in [-0.1, -0.05) is 58.4 Å². The van der Waals surface area contributed by atoms with Gasteiger partial charge in [0, 0.05) is 16.3 Å². The zero-order valence-corrected chi connectivity index (χ0v) is 16.0. The standard InChI is InChI=1S/C19H18BrN3OS/c20-10-5-11-24-17-9-4-6-15(12-17)13-21-23-19-22-18(14-25-19)16-7-2-1-3-8-16/h1-4,6-9,12-14H,5,10-11H2,(H,22,23). The van der Waals surface area contributed by atoms with E-state index in [0.717, 1.165) is 39.5 Å². The molecule has 3 rings (SSSR count). The Morgan fingerprint density at radius 1 is 1.16 bits per heavy atom. The summed E-state index contributed by atoms with van der Waals surface area (Å²) in [7, 11) is 0. The van der Waals surface area contributed by atoms with Crippen LogP contribution in [0, 0.1) is 0 Å². The molecule has 0 saturated heterocycles. The second-order valence-corrected chi connectivity index (χ2v) is 6.89. The van der Waals surface area contributed by atoms with Crippen LogP contribution in [0.25, 0.3) is 11.3 Å². The van der Waals surface area contributed by atoms with Gasteiger partial charge in [-0.25, -0.2) is 4.98 Å². The van der Waals surface area contributed by atoms with Gasteiger partial charge >= 0.3 is 0 Å². The molecule has 1 N–H and O–H groups in total. The molecule has 3 aromatic rings. The third-order valence-electron chi connectivity index (χ3n) is 3.35. The number of thiazole rings is 1. The molecule has 4 nitrogen and oxygen atoms in total. The lowest BCUT2D eigenvalue weighted by Crippen LogP contribution is -1.98. The molecule has 2 aromatic carbocycles. The second kappa shape index (κ2) is 9.34. The Morgan fingerprint density at radius 2 is 2.04 bits per heavy atom. The minimum absolute atomic E-state index is 0.700. The van der Waals surface area contributed by atoms with Gasteiger partial charge < -0.3 is 4.74 Å². The van der Waals surface area contributed by atoms with Crippen molar-refractivity contribution in [2.75, 3.05) is 17.4 Å². The zero-order valence-electron chi connectivity index (χ0n) is 13.6. The number of nitrogens with one attached hydrogen (secondary N) is 1. The first-order valence-electron chi connectivity index (χ1n) is 7.94. The summed E-state index contributed by atoms with van der Waals surface area (Å²) in [5, 5.41) is 7.99. The number of hydrogen-bond donors (Lipinski definition) is 1. The molecule has 0 bridgehead atoms. The number of alkyl halides is 1. The van der Waals surface area contributed by atoms with E-state index in [1.165, 1.54) is 11.3 Å². The summed E-state index contributed by atoms with van der Waals surface area (Å²) in [6, 6.07) is 18.0. The predicted octanol–water partition coefficient (Wildman–Crippen LogP) is 5.42. The van der Waals surface area contributed by atoms with Gasteiger partial charge in [0.25, 0.3) is 0 Å². The van der Waals surface area contributed by atoms with Crippen molar-refractivity contribution in [2.24, 2.45) is 5.10 Å². The summed E-state index contributed by atoms with van der Waals surface area (Å²) in [4.78, 5) is 4.54. The Morgan fingerprint density at radius 3 is 2.88 bits per heavy atom. The smallest absolute Gasteiger partial charge is 0.203 e. The Kier molecular flexibility index (Phi) is 6.59. The SMILES string of the molecule is BrCCCOc1cccc(C=NNc2nc(-c3ccccc3)cs2)c1. The summed E-state index contributed by atoms with van der Waals surface area (Å²) in [6.07, 6.45) is 2.74. The van der Waals surface area contributed by atoms with Crippen LogP contribution in [0.4, 0.5) is 5.13 Å². The molecule has 0 aliphatic rings. The quantitative estimate of drug-likeness (QED) is 0.231. The van der Waals surface area contributed by atoms with Gasteiger partial charge in [-0.05, 0) is 24.1 Å². The van der Waals surface area contributed by atoms with Crippen LogP contribution in [0.1, 0.15) is 12.0 Å². The fourth-order valence-corrected chi connectivity index (χ4v) is 3.06. The first-order chi connectivity index (χ1) is 12.3. The molecule has 0 fully saturated rings. The van der Waals surface area contributed by atoms with Crippen LogP contribution in [0.3, 0.4) is 0 Å². The van der Waals surface area contributed by atoms with Crippen LogP contribution in [0.5, 0.6) is 5.75 Å². The van der Waals surface area contributed by atoms with Gasteiger partial charge in [-0.15, -0.1) is 11.3 Å². The summed E-state index contributed by atoms with van der Waals surface area (Å²) < 4.78 is 5.68. The molecular formula is C19H18BrN3OS. The van der Waals surface area contributed by atoms with Crippen LogP contribution in [0.15, 0.2) is 65.1 Å². The third kappa shape index (κ3) is 5.41. The van der Waals surface area contributed by atoms with Gasteiger partial charge in [-0.3, -0.25) is 5.43 Å². The maximum atomic E-state index is 5.68. The molecule has 1 aromatic heterocycles. The highest BCUT2D eigenvalue weighted by molar-refractivity contribution is 9.09. The lowest BCUT2D eigenvalue weighted by molar-refractivity contribution is 0.319. The number of halogens is 1. The number of ether oxygens (including phenoxy) is 1. The van der Waals surface area contributed by atoms with Gasteiger partial charge in [-0.2, -0.15) is 5.10 Å². The molecule has 25 heavy (non-hydrogen) atoms. The number of anilines is 1. The topological polar surface area (TPSA) is 46.5 Å². The van der Waals surface area contributed by atoms with Crippen molar-refractivity contribution < 1.29 is 4.74 Å². The molecule has 0 aliphatic heterocycles. The van der Waals surface area contributed by atoms with E-state index in [0.29, 0.717) is 6.61 Å². The van der Waals surface area contributed by atoms with Crippen molar-refractivity contribution in [1.82, 2.24) is 4.98 Å². The Bertz CT molecular complexity index is 820. The number of hydrazone groups is 1. The van der Waals surface area contributed by atoms with Crippen LogP contribution in [0.2, 0.25) is 0 Å². The Balaban J connectivity index is 1.58. The molecule has 0 unspecified atom stereocenters. The molecule has 0 aliphatic carbocycles. The average molecular weight is 416 g/mol. The van der Waals surface area contributed by atoms with Gasteiger partial charge in [0.1, 0.15) is 5.75 Å². The minimum atomic E-state index is 0.700. The van der Waals surface area contributed by atoms with E-state index in [-0.39, 0.29) is 0 Å². The monoisotopic (exact) mass is 415 g/mol. The molecule has 0 spiro atoms. The fourth-order valence-electron chi connectivity index (χ4n) is 2.16. The maximum absolute atomic E-state index is 5.68. The van der Waals surface area contributed by atoms with E-state index in [1.54, 1.807) is 6.21 Å². The lowest BCUT2D eigenvalue weighted by Gasteiger charge is -2.05. The number of aromatic nitrogens is 1. The maximum Gasteiger partial charge on any atom is 0.203 e. The third-order valence-corrected chi connectivity index (χ3v) is 4.66. The van der Waals surface area contributed by atoms with E-state index in [9.17, 15) is 0 Å². The molecule has 0 amide bonds. The van der Waals surface area contributed by atoms with Crippen molar-refractivity contribution in [3.63, 3.8) is 0 Å². The largest absolute Gasteiger partial charge is 0.494 e. The fraction of sp³-hybridized carbons (Fsp3) is 0.158. The number of hydrogen-bond acceptors (Lipinski definition) is 5. The summed E-state index contributed by atoms with van der Waals surface area (Å²) >= 11 is 4.93.